The van der Waals surface area contributed by atoms with Gasteiger partial charge in [-0.05, 0) is 56.3 Å². The van der Waals surface area contributed by atoms with Gasteiger partial charge < -0.3 is 10.0 Å². The summed E-state index contributed by atoms with van der Waals surface area (Å²) in [5.41, 5.74) is 1.32. The lowest BCUT2D eigenvalue weighted by Crippen LogP contribution is -2.29. The van der Waals surface area contributed by atoms with Crippen molar-refractivity contribution in [1.82, 2.24) is 9.88 Å². The number of nitrogens with zero attached hydrogens (tertiary/aromatic N) is 2. The Hall–Kier alpha value is -0.930. The number of rotatable bonds is 4. The van der Waals surface area contributed by atoms with Gasteiger partial charge in [0, 0.05) is 25.5 Å². The molecule has 1 fully saturated rings. The maximum absolute atomic E-state index is 9.48. The smallest absolute Gasteiger partial charge is 0.0540 e. The molecule has 0 bridgehead atoms. The third-order valence-electron chi connectivity index (χ3n) is 3.59. The second-order valence-electron chi connectivity index (χ2n) is 5.23. The molecule has 17 heavy (non-hydrogen) atoms. The maximum atomic E-state index is 9.48. The van der Waals surface area contributed by atoms with Crippen molar-refractivity contribution >= 4 is 0 Å². The van der Waals surface area contributed by atoms with Gasteiger partial charge in [-0.1, -0.05) is 0 Å². The molecule has 0 radical (unpaired) electrons. The normalized spacial score (nSPS) is 25.1. The zero-order valence-electron chi connectivity index (χ0n) is 10.5. The van der Waals surface area contributed by atoms with Crippen molar-refractivity contribution in [1.29, 1.82) is 0 Å². The van der Waals surface area contributed by atoms with Gasteiger partial charge in [0.25, 0.3) is 0 Å². The molecule has 1 aliphatic rings. The average Bonchev–Trinajstić information content (AvgIpc) is 2.33. The Balaban J connectivity index is 1.76. The lowest BCUT2D eigenvalue weighted by Gasteiger charge is -2.29. The highest BCUT2D eigenvalue weighted by Crippen LogP contribution is 2.24. The second-order valence-corrected chi connectivity index (χ2v) is 5.23. The summed E-state index contributed by atoms with van der Waals surface area (Å²) in [6.45, 7) is 2.12. The number of pyridine rings is 1. The lowest BCUT2D eigenvalue weighted by molar-refractivity contribution is 0.0968. The molecule has 3 heteroatoms. The van der Waals surface area contributed by atoms with Gasteiger partial charge >= 0.3 is 0 Å². The third-order valence-corrected chi connectivity index (χ3v) is 3.59. The molecule has 94 valence electrons. The van der Waals surface area contributed by atoms with Crippen LogP contribution in [0.25, 0.3) is 0 Å². The van der Waals surface area contributed by atoms with E-state index in [1.54, 1.807) is 0 Å². The van der Waals surface area contributed by atoms with Gasteiger partial charge in [0.2, 0.25) is 0 Å². The fraction of sp³-hybridized carbons (Fsp3) is 0.643. The molecule has 1 N–H and O–H groups in total. The lowest BCUT2D eigenvalue weighted by atomic mass is 9.87. The van der Waals surface area contributed by atoms with E-state index >= 15 is 0 Å². The molecule has 2 rings (SSSR count). The summed E-state index contributed by atoms with van der Waals surface area (Å²) in [7, 11) is 2.17. The van der Waals surface area contributed by atoms with E-state index in [2.05, 4.69) is 29.1 Å². The first-order chi connectivity index (χ1) is 8.24. The molecule has 0 atom stereocenters. The van der Waals surface area contributed by atoms with Gasteiger partial charge in [0.15, 0.2) is 0 Å². The van der Waals surface area contributed by atoms with Crippen LogP contribution in [0.15, 0.2) is 24.5 Å². The highest BCUT2D eigenvalue weighted by atomic mass is 16.3. The monoisotopic (exact) mass is 234 g/mol. The Kier molecular flexibility index (Phi) is 4.51. The van der Waals surface area contributed by atoms with Crippen LogP contribution in [0.1, 0.15) is 31.2 Å². The number of aliphatic hydroxyl groups is 1. The molecule has 1 aliphatic carbocycles. The van der Waals surface area contributed by atoms with Crippen molar-refractivity contribution in [3.63, 3.8) is 0 Å². The second kappa shape index (κ2) is 6.12. The van der Waals surface area contributed by atoms with Crippen molar-refractivity contribution in [2.75, 3.05) is 13.6 Å². The predicted molar refractivity (Wildman–Crippen MR) is 68.5 cm³/mol. The van der Waals surface area contributed by atoms with Crippen LogP contribution in [-0.2, 0) is 6.54 Å². The van der Waals surface area contributed by atoms with Gasteiger partial charge in [0.1, 0.15) is 0 Å². The molecule has 0 aliphatic heterocycles. The Morgan fingerprint density at radius 3 is 2.53 bits per heavy atom. The summed E-state index contributed by atoms with van der Waals surface area (Å²) in [5.74, 6) is 0.755. The summed E-state index contributed by atoms with van der Waals surface area (Å²) in [4.78, 5) is 6.40. The minimum atomic E-state index is -0.0447. The number of hydrogen-bond acceptors (Lipinski definition) is 3. The summed E-state index contributed by atoms with van der Waals surface area (Å²) in [5, 5.41) is 9.48. The molecule has 0 amide bonds. The van der Waals surface area contributed by atoms with Crippen molar-refractivity contribution in [3.8, 4) is 0 Å². The first-order valence-electron chi connectivity index (χ1n) is 6.49. The van der Waals surface area contributed by atoms with Crippen molar-refractivity contribution < 1.29 is 5.11 Å². The summed E-state index contributed by atoms with van der Waals surface area (Å²) in [6.07, 6.45) is 7.95. The summed E-state index contributed by atoms with van der Waals surface area (Å²) < 4.78 is 0. The quantitative estimate of drug-likeness (QED) is 0.866. The fourth-order valence-corrected chi connectivity index (χ4v) is 2.63. The SMILES string of the molecule is CN(Cc1ccncc1)CC1CCC(O)CC1. The molecule has 3 nitrogen and oxygen atoms in total. The zero-order valence-corrected chi connectivity index (χ0v) is 10.5. The van der Waals surface area contributed by atoms with E-state index in [1.165, 1.54) is 18.4 Å². The van der Waals surface area contributed by atoms with Gasteiger partial charge in [-0.15, -0.1) is 0 Å². The minimum absolute atomic E-state index is 0.0447. The van der Waals surface area contributed by atoms with Crippen LogP contribution < -0.4 is 0 Å². The van der Waals surface area contributed by atoms with Crippen LogP contribution in [0, 0.1) is 5.92 Å². The van der Waals surface area contributed by atoms with E-state index < -0.39 is 0 Å². The fourth-order valence-electron chi connectivity index (χ4n) is 2.63. The standard InChI is InChI=1S/C14H22N2O/c1-16(11-13-6-8-15-9-7-13)10-12-2-4-14(17)5-3-12/h6-9,12,14,17H,2-5,10-11H2,1H3. The van der Waals surface area contributed by atoms with Gasteiger partial charge in [-0.25, -0.2) is 0 Å². The number of aromatic nitrogens is 1. The van der Waals surface area contributed by atoms with Gasteiger partial charge in [-0.3, -0.25) is 4.98 Å². The van der Waals surface area contributed by atoms with Crippen LogP contribution in [0.2, 0.25) is 0 Å². The highest BCUT2D eigenvalue weighted by Gasteiger charge is 2.20. The Bertz CT molecular complexity index is 320. The van der Waals surface area contributed by atoms with E-state index in [0.717, 1.165) is 31.8 Å². The first-order valence-corrected chi connectivity index (χ1v) is 6.49. The average molecular weight is 234 g/mol. The molecule has 1 aromatic heterocycles. The van der Waals surface area contributed by atoms with Crippen LogP contribution in [0.5, 0.6) is 0 Å². The number of aliphatic hydroxyl groups excluding tert-OH is 1. The van der Waals surface area contributed by atoms with Crippen molar-refractivity contribution in [2.45, 2.75) is 38.3 Å². The third kappa shape index (κ3) is 4.10. The van der Waals surface area contributed by atoms with E-state index in [4.69, 9.17) is 0 Å². The zero-order chi connectivity index (χ0) is 12.1. The highest BCUT2D eigenvalue weighted by molar-refractivity contribution is 5.09. The Labute approximate surface area is 103 Å². The van der Waals surface area contributed by atoms with E-state index in [9.17, 15) is 5.11 Å². The van der Waals surface area contributed by atoms with E-state index in [0.29, 0.717) is 0 Å². The van der Waals surface area contributed by atoms with E-state index in [-0.39, 0.29) is 6.10 Å². The first kappa shape index (κ1) is 12.5. The van der Waals surface area contributed by atoms with Crippen LogP contribution in [0.3, 0.4) is 0 Å². The Morgan fingerprint density at radius 1 is 1.24 bits per heavy atom. The molecule has 0 unspecified atom stereocenters. The minimum Gasteiger partial charge on any atom is -0.393 e. The molecule has 0 saturated heterocycles. The van der Waals surface area contributed by atoms with Crippen LogP contribution >= 0.6 is 0 Å². The van der Waals surface area contributed by atoms with Crippen molar-refractivity contribution in [2.24, 2.45) is 5.92 Å². The summed E-state index contributed by atoms with van der Waals surface area (Å²) in [6, 6.07) is 4.14. The van der Waals surface area contributed by atoms with Crippen LogP contribution in [-0.4, -0.2) is 34.7 Å². The van der Waals surface area contributed by atoms with Gasteiger partial charge in [-0.2, -0.15) is 0 Å². The molecule has 0 aromatic carbocycles. The molecule has 1 heterocycles. The molecular weight excluding hydrogens is 212 g/mol. The molecule has 1 aromatic rings. The largest absolute Gasteiger partial charge is 0.393 e. The Morgan fingerprint density at radius 2 is 1.88 bits per heavy atom. The number of hydrogen-bond donors (Lipinski definition) is 1. The summed E-state index contributed by atoms with van der Waals surface area (Å²) >= 11 is 0. The molecular formula is C14H22N2O. The van der Waals surface area contributed by atoms with E-state index in [1.807, 2.05) is 12.4 Å². The molecule has 1 saturated carbocycles. The maximum Gasteiger partial charge on any atom is 0.0540 e. The van der Waals surface area contributed by atoms with Crippen LogP contribution in [0.4, 0.5) is 0 Å². The van der Waals surface area contributed by atoms with Crippen molar-refractivity contribution in [3.05, 3.63) is 30.1 Å². The van der Waals surface area contributed by atoms with Gasteiger partial charge in [0.05, 0.1) is 6.10 Å². The topological polar surface area (TPSA) is 36.4 Å². The molecule has 0 spiro atoms. The predicted octanol–water partition coefficient (Wildman–Crippen LogP) is 2.06.